The SMILES string of the molecule is CCC1/C=C\C(C)/C(C)=C(/C2C(C)CC2NC(C)N)CC1. The smallest absolute Gasteiger partial charge is 0.0519 e. The van der Waals surface area contributed by atoms with E-state index in [0.29, 0.717) is 17.9 Å². The Morgan fingerprint density at radius 2 is 2.05 bits per heavy atom. The number of allylic oxidation sites excluding steroid dienone is 3. The summed E-state index contributed by atoms with van der Waals surface area (Å²) in [7, 11) is 0. The second kappa shape index (κ2) is 7.11. The van der Waals surface area contributed by atoms with Crippen molar-refractivity contribution in [3.05, 3.63) is 23.3 Å². The molecule has 1 saturated carbocycles. The van der Waals surface area contributed by atoms with Crippen LogP contribution in [0, 0.1) is 23.7 Å². The molecule has 0 bridgehead atoms. The van der Waals surface area contributed by atoms with E-state index in [-0.39, 0.29) is 6.17 Å². The molecule has 0 saturated heterocycles. The Balaban J connectivity index is 2.20. The van der Waals surface area contributed by atoms with Crippen LogP contribution in [0.25, 0.3) is 0 Å². The molecule has 0 aromatic rings. The van der Waals surface area contributed by atoms with Crippen LogP contribution in [0.15, 0.2) is 23.3 Å². The molecule has 6 unspecified atom stereocenters. The van der Waals surface area contributed by atoms with Gasteiger partial charge in [0.25, 0.3) is 0 Å². The normalized spacial score (nSPS) is 43.6. The van der Waals surface area contributed by atoms with Crippen LogP contribution >= 0.6 is 0 Å². The summed E-state index contributed by atoms with van der Waals surface area (Å²) in [6.45, 7) is 11.5. The molecule has 21 heavy (non-hydrogen) atoms. The molecular weight excluding hydrogens is 256 g/mol. The van der Waals surface area contributed by atoms with Gasteiger partial charge in [0.2, 0.25) is 0 Å². The molecule has 0 aliphatic heterocycles. The van der Waals surface area contributed by atoms with Gasteiger partial charge in [-0.25, -0.2) is 0 Å². The Labute approximate surface area is 131 Å². The molecule has 2 heteroatoms. The van der Waals surface area contributed by atoms with E-state index in [4.69, 9.17) is 5.73 Å². The first-order valence-electron chi connectivity index (χ1n) is 8.83. The van der Waals surface area contributed by atoms with Crippen molar-refractivity contribution in [1.82, 2.24) is 5.32 Å². The zero-order valence-electron chi connectivity index (χ0n) is 14.5. The minimum absolute atomic E-state index is 0.0974. The van der Waals surface area contributed by atoms with Crippen molar-refractivity contribution >= 4 is 0 Å². The van der Waals surface area contributed by atoms with Gasteiger partial charge in [0.05, 0.1) is 6.17 Å². The third-order valence-corrected chi connectivity index (χ3v) is 5.72. The van der Waals surface area contributed by atoms with Crippen LogP contribution in [0.2, 0.25) is 0 Å². The first kappa shape index (κ1) is 16.8. The zero-order valence-corrected chi connectivity index (χ0v) is 14.5. The molecule has 0 aromatic heterocycles. The van der Waals surface area contributed by atoms with Crippen LogP contribution in [-0.4, -0.2) is 12.2 Å². The van der Waals surface area contributed by atoms with Crippen LogP contribution < -0.4 is 11.1 Å². The third-order valence-electron chi connectivity index (χ3n) is 5.72. The fraction of sp³-hybridized carbons (Fsp3) is 0.789. The Morgan fingerprint density at radius 3 is 2.62 bits per heavy atom. The molecule has 0 spiro atoms. The molecule has 0 aromatic carbocycles. The highest BCUT2D eigenvalue weighted by Gasteiger charge is 2.41. The van der Waals surface area contributed by atoms with E-state index < -0.39 is 0 Å². The lowest BCUT2D eigenvalue weighted by atomic mass is 9.63. The number of rotatable bonds is 4. The summed E-state index contributed by atoms with van der Waals surface area (Å²) in [4.78, 5) is 0. The minimum atomic E-state index is 0.0974. The number of hydrogen-bond acceptors (Lipinski definition) is 2. The maximum atomic E-state index is 5.96. The highest BCUT2D eigenvalue weighted by Crippen LogP contribution is 2.44. The monoisotopic (exact) mass is 290 g/mol. The van der Waals surface area contributed by atoms with Crippen molar-refractivity contribution in [3.8, 4) is 0 Å². The molecule has 3 N–H and O–H groups in total. The van der Waals surface area contributed by atoms with Gasteiger partial charge in [0.15, 0.2) is 0 Å². The standard InChI is InChI=1S/C19H34N2/c1-6-16-8-7-12(2)14(4)17(10-9-16)19-13(3)11-18(19)21-15(5)20/h7-8,12-13,15-16,18-19,21H,6,9-11,20H2,1-5H3/b8-7-,17-14+. The second-order valence-corrected chi connectivity index (χ2v) is 7.39. The van der Waals surface area contributed by atoms with Crippen molar-refractivity contribution in [1.29, 1.82) is 0 Å². The molecule has 1 fully saturated rings. The Morgan fingerprint density at radius 1 is 1.33 bits per heavy atom. The molecule has 120 valence electrons. The largest absolute Gasteiger partial charge is 0.316 e. The molecule has 6 atom stereocenters. The number of hydrogen-bond donors (Lipinski definition) is 2. The zero-order chi connectivity index (χ0) is 15.6. The lowest BCUT2D eigenvalue weighted by Crippen LogP contribution is -2.55. The van der Waals surface area contributed by atoms with Gasteiger partial charge in [0, 0.05) is 6.04 Å². The lowest BCUT2D eigenvalue weighted by molar-refractivity contribution is 0.137. The minimum Gasteiger partial charge on any atom is -0.316 e. The lowest BCUT2D eigenvalue weighted by Gasteiger charge is -2.47. The van der Waals surface area contributed by atoms with Crippen molar-refractivity contribution in [2.75, 3.05) is 0 Å². The topological polar surface area (TPSA) is 38.0 Å². The van der Waals surface area contributed by atoms with E-state index in [1.165, 1.54) is 25.7 Å². The summed E-state index contributed by atoms with van der Waals surface area (Å²) in [5, 5.41) is 3.58. The molecule has 0 heterocycles. The van der Waals surface area contributed by atoms with Crippen molar-refractivity contribution < 1.29 is 0 Å². The summed E-state index contributed by atoms with van der Waals surface area (Å²) in [6, 6.07) is 0.584. The van der Waals surface area contributed by atoms with E-state index >= 15 is 0 Å². The molecule has 2 rings (SSSR count). The number of nitrogens with two attached hydrogens (primary N) is 1. The van der Waals surface area contributed by atoms with Gasteiger partial charge in [-0.15, -0.1) is 0 Å². The summed E-state index contributed by atoms with van der Waals surface area (Å²) in [5.74, 6) is 2.83. The highest BCUT2D eigenvalue weighted by molar-refractivity contribution is 5.27. The van der Waals surface area contributed by atoms with Gasteiger partial charge in [0.1, 0.15) is 0 Å². The molecular formula is C19H34N2. The second-order valence-electron chi connectivity index (χ2n) is 7.39. The third kappa shape index (κ3) is 3.78. The van der Waals surface area contributed by atoms with Gasteiger partial charge in [-0.3, -0.25) is 5.32 Å². The van der Waals surface area contributed by atoms with E-state index in [9.17, 15) is 0 Å². The Hall–Kier alpha value is -0.600. The number of nitrogens with one attached hydrogen (secondary N) is 1. The average molecular weight is 290 g/mol. The van der Waals surface area contributed by atoms with Crippen LogP contribution in [0.5, 0.6) is 0 Å². The van der Waals surface area contributed by atoms with E-state index in [2.05, 4.69) is 52.1 Å². The van der Waals surface area contributed by atoms with Gasteiger partial charge >= 0.3 is 0 Å². The predicted molar refractivity (Wildman–Crippen MR) is 91.9 cm³/mol. The van der Waals surface area contributed by atoms with Gasteiger partial charge in [-0.05, 0) is 63.2 Å². The quantitative estimate of drug-likeness (QED) is 0.600. The molecule has 0 amide bonds. The van der Waals surface area contributed by atoms with Crippen LogP contribution in [0.3, 0.4) is 0 Å². The van der Waals surface area contributed by atoms with E-state index in [1.807, 2.05) is 0 Å². The van der Waals surface area contributed by atoms with Gasteiger partial charge in [-0.2, -0.15) is 0 Å². The van der Waals surface area contributed by atoms with Crippen molar-refractivity contribution in [3.63, 3.8) is 0 Å². The van der Waals surface area contributed by atoms with E-state index in [0.717, 1.165) is 11.8 Å². The molecule has 2 aliphatic rings. The van der Waals surface area contributed by atoms with Crippen LogP contribution in [-0.2, 0) is 0 Å². The molecule has 2 aliphatic carbocycles. The van der Waals surface area contributed by atoms with Crippen LogP contribution in [0.4, 0.5) is 0 Å². The summed E-state index contributed by atoms with van der Waals surface area (Å²) in [5.41, 5.74) is 9.29. The first-order valence-corrected chi connectivity index (χ1v) is 8.83. The van der Waals surface area contributed by atoms with Crippen molar-refractivity contribution in [2.45, 2.75) is 72.5 Å². The maximum absolute atomic E-state index is 5.96. The first-order chi connectivity index (χ1) is 9.93. The maximum Gasteiger partial charge on any atom is 0.0519 e. The summed E-state index contributed by atoms with van der Waals surface area (Å²) in [6.07, 6.45) is 10.1. The predicted octanol–water partition coefficient (Wildman–Crippen LogP) is 4.23. The van der Waals surface area contributed by atoms with E-state index in [1.54, 1.807) is 11.1 Å². The summed E-state index contributed by atoms with van der Waals surface area (Å²) < 4.78 is 0. The Kier molecular flexibility index (Phi) is 5.67. The van der Waals surface area contributed by atoms with Crippen LogP contribution in [0.1, 0.15) is 60.3 Å². The van der Waals surface area contributed by atoms with Gasteiger partial charge < -0.3 is 5.73 Å². The van der Waals surface area contributed by atoms with Gasteiger partial charge in [-0.1, -0.05) is 44.1 Å². The highest BCUT2D eigenvalue weighted by atomic mass is 15.1. The fourth-order valence-corrected chi connectivity index (χ4v) is 4.15. The fourth-order valence-electron chi connectivity index (χ4n) is 4.15. The molecule has 0 radical (unpaired) electrons. The Bertz CT molecular complexity index is 408. The van der Waals surface area contributed by atoms with Crippen molar-refractivity contribution in [2.24, 2.45) is 29.4 Å². The molecule has 2 nitrogen and oxygen atoms in total. The summed E-state index contributed by atoms with van der Waals surface area (Å²) >= 11 is 0. The average Bonchev–Trinajstić information content (AvgIpc) is 2.42.